The number of hydrogen-bond acceptors (Lipinski definition) is 3. The van der Waals surface area contributed by atoms with Crippen LogP contribution in [0, 0.1) is 0 Å². The van der Waals surface area contributed by atoms with Crippen LogP contribution in [-0.2, 0) is 13.0 Å². The van der Waals surface area contributed by atoms with Crippen LogP contribution < -0.4 is 15.4 Å². The first-order chi connectivity index (χ1) is 7.40. The molecule has 82 valence electrons. The summed E-state index contributed by atoms with van der Waals surface area (Å²) in [6.45, 7) is 2.62. The molecule has 0 bridgehead atoms. The molecule has 1 aliphatic heterocycles. The lowest BCUT2D eigenvalue weighted by Gasteiger charge is -2.18. The SMILES string of the molecule is CNCNCc1ccc2c(c1)CCCO2. The Bertz CT molecular complexity index is 325. The average Bonchev–Trinajstić information content (AvgIpc) is 2.29. The number of benzene rings is 1. The van der Waals surface area contributed by atoms with Crippen LogP contribution in [0.15, 0.2) is 18.2 Å². The Morgan fingerprint density at radius 3 is 3.20 bits per heavy atom. The van der Waals surface area contributed by atoms with E-state index >= 15 is 0 Å². The first-order valence-electron chi connectivity index (χ1n) is 5.50. The molecule has 2 N–H and O–H groups in total. The molecule has 0 spiro atoms. The lowest BCUT2D eigenvalue weighted by molar-refractivity contribution is 0.288. The van der Waals surface area contributed by atoms with Gasteiger partial charge in [0.1, 0.15) is 5.75 Å². The zero-order valence-electron chi connectivity index (χ0n) is 9.18. The zero-order valence-corrected chi connectivity index (χ0v) is 9.18. The first kappa shape index (κ1) is 10.5. The topological polar surface area (TPSA) is 33.3 Å². The summed E-state index contributed by atoms with van der Waals surface area (Å²) >= 11 is 0. The molecule has 0 aromatic heterocycles. The molecule has 0 saturated heterocycles. The fraction of sp³-hybridized carbons (Fsp3) is 0.500. The fourth-order valence-corrected chi connectivity index (χ4v) is 1.86. The van der Waals surface area contributed by atoms with Gasteiger partial charge in [-0.05, 0) is 37.1 Å². The molecule has 1 aromatic rings. The average molecular weight is 206 g/mol. The van der Waals surface area contributed by atoms with Gasteiger partial charge in [0, 0.05) is 13.2 Å². The van der Waals surface area contributed by atoms with Crippen molar-refractivity contribution in [1.82, 2.24) is 10.6 Å². The highest BCUT2D eigenvalue weighted by atomic mass is 16.5. The minimum Gasteiger partial charge on any atom is -0.493 e. The van der Waals surface area contributed by atoms with E-state index in [4.69, 9.17) is 4.74 Å². The molecule has 0 saturated carbocycles. The number of fused-ring (bicyclic) bond motifs is 1. The third kappa shape index (κ3) is 2.70. The third-order valence-corrected chi connectivity index (χ3v) is 2.60. The van der Waals surface area contributed by atoms with E-state index in [-0.39, 0.29) is 0 Å². The predicted octanol–water partition coefficient (Wildman–Crippen LogP) is 1.28. The Labute approximate surface area is 90.8 Å². The van der Waals surface area contributed by atoms with E-state index in [2.05, 4.69) is 28.8 Å². The van der Waals surface area contributed by atoms with Crippen molar-refractivity contribution < 1.29 is 4.74 Å². The molecule has 3 nitrogen and oxygen atoms in total. The summed E-state index contributed by atoms with van der Waals surface area (Å²) in [7, 11) is 1.94. The van der Waals surface area contributed by atoms with Crippen LogP contribution in [0.4, 0.5) is 0 Å². The van der Waals surface area contributed by atoms with E-state index in [1.54, 1.807) is 0 Å². The smallest absolute Gasteiger partial charge is 0.122 e. The molecule has 3 heteroatoms. The number of rotatable bonds is 4. The highest BCUT2D eigenvalue weighted by Gasteiger charge is 2.09. The van der Waals surface area contributed by atoms with E-state index in [9.17, 15) is 0 Å². The van der Waals surface area contributed by atoms with Crippen molar-refractivity contribution in [2.45, 2.75) is 19.4 Å². The maximum absolute atomic E-state index is 5.57. The molecule has 1 aromatic carbocycles. The quantitative estimate of drug-likeness (QED) is 0.575. The molecule has 0 atom stereocenters. The Balaban J connectivity index is 2.00. The second-order valence-electron chi connectivity index (χ2n) is 3.85. The van der Waals surface area contributed by atoms with E-state index in [1.165, 1.54) is 11.1 Å². The molecule has 1 aliphatic rings. The summed E-state index contributed by atoms with van der Waals surface area (Å²) in [6.07, 6.45) is 2.29. The van der Waals surface area contributed by atoms with Crippen molar-refractivity contribution in [3.05, 3.63) is 29.3 Å². The van der Waals surface area contributed by atoms with Gasteiger partial charge in [-0.15, -0.1) is 0 Å². The lowest BCUT2D eigenvalue weighted by Crippen LogP contribution is -2.25. The van der Waals surface area contributed by atoms with Crippen LogP contribution in [0.1, 0.15) is 17.5 Å². The Morgan fingerprint density at radius 2 is 2.33 bits per heavy atom. The molecule has 0 unspecified atom stereocenters. The number of nitrogens with one attached hydrogen (secondary N) is 2. The molecule has 0 aliphatic carbocycles. The molecule has 15 heavy (non-hydrogen) atoms. The van der Waals surface area contributed by atoms with Gasteiger partial charge >= 0.3 is 0 Å². The van der Waals surface area contributed by atoms with Gasteiger partial charge in [-0.2, -0.15) is 0 Å². The molecule has 2 rings (SSSR count). The summed E-state index contributed by atoms with van der Waals surface area (Å²) in [5.74, 6) is 1.07. The second-order valence-corrected chi connectivity index (χ2v) is 3.85. The Morgan fingerprint density at radius 1 is 1.40 bits per heavy atom. The highest BCUT2D eigenvalue weighted by molar-refractivity contribution is 5.38. The maximum Gasteiger partial charge on any atom is 0.122 e. The monoisotopic (exact) mass is 206 g/mol. The molecular formula is C12H18N2O. The van der Waals surface area contributed by atoms with Crippen molar-refractivity contribution in [1.29, 1.82) is 0 Å². The van der Waals surface area contributed by atoms with Gasteiger partial charge < -0.3 is 15.4 Å². The van der Waals surface area contributed by atoms with Gasteiger partial charge in [0.15, 0.2) is 0 Å². The first-order valence-corrected chi connectivity index (χ1v) is 5.50. The molecule has 1 heterocycles. The van der Waals surface area contributed by atoms with Gasteiger partial charge in [0.05, 0.1) is 6.61 Å². The van der Waals surface area contributed by atoms with Gasteiger partial charge in [0.25, 0.3) is 0 Å². The van der Waals surface area contributed by atoms with E-state index in [0.717, 1.165) is 38.4 Å². The van der Waals surface area contributed by atoms with Gasteiger partial charge in [-0.3, -0.25) is 0 Å². The van der Waals surface area contributed by atoms with E-state index < -0.39 is 0 Å². The number of ether oxygens (including phenoxy) is 1. The van der Waals surface area contributed by atoms with Gasteiger partial charge in [-0.1, -0.05) is 12.1 Å². The van der Waals surface area contributed by atoms with Crippen molar-refractivity contribution >= 4 is 0 Å². The zero-order chi connectivity index (χ0) is 10.5. The van der Waals surface area contributed by atoms with Gasteiger partial charge in [-0.25, -0.2) is 0 Å². The molecule has 0 amide bonds. The summed E-state index contributed by atoms with van der Waals surface area (Å²) in [6, 6.07) is 6.47. The summed E-state index contributed by atoms with van der Waals surface area (Å²) in [5.41, 5.74) is 2.68. The third-order valence-electron chi connectivity index (χ3n) is 2.60. The maximum atomic E-state index is 5.57. The van der Waals surface area contributed by atoms with Gasteiger partial charge in [0.2, 0.25) is 0 Å². The van der Waals surface area contributed by atoms with Crippen LogP contribution in [0.5, 0.6) is 5.75 Å². The number of hydrogen-bond donors (Lipinski definition) is 2. The Kier molecular flexibility index (Phi) is 3.59. The molecule has 0 fully saturated rings. The number of aryl methyl sites for hydroxylation is 1. The van der Waals surface area contributed by atoms with Crippen LogP contribution in [0.2, 0.25) is 0 Å². The summed E-state index contributed by atoms with van der Waals surface area (Å²) < 4.78 is 5.57. The Hall–Kier alpha value is -1.06. The minimum absolute atomic E-state index is 0.841. The van der Waals surface area contributed by atoms with E-state index in [1.807, 2.05) is 7.05 Å². The lowest BCUT2D eigenvalue weighted by atomic mass is 10.0. The standard InChI is InChI=1S/C12H18N2O/c1-13-9-14-8-10-4-5-12-11(7-10)3-2-6-15-12/h4-5,7,13-14H,2-3,6,8-9H2,1H3. The summed E-state index contributed by atoms with van der Waals surface area (Å²) in [4.78, 5) is 0. The highest BCUT2D eigenvalue weighted by Crippen LogP contribution is 2.25. The van der Waals surface area contributed by atoms with Crippen molar-refractivity contribution in [3.63, 3.8) is 0 Å². The minimum atomic E-state index is 0.841. The largest absolute Gasteiger partial charge is 0.493 e. The predicted molar refractivity (Wildman–Crippen MR) is 61.0 cm³/mol. The molecular weight excluding hydrogens is 188 g/mol. The van der Waals surface area contributed by atoms with E-state index in [0.29, 0.717) is 0 Å². The second kappa shape index (κ2) is 5.14. The van der Waals surface area contributed by atoms with Crippen molar-refractivity contribution in [2.75, 3.05) is 20.3 Å². The summed E-state index contributed by atoms with van der Waals surface area (Å²) in [5, 5.41) is 6.37. The van der Waals surface area contributed by atoms with Crippen molar-refractivity contribution in [3.8, 4) is 5.75 Å². The molecule has 0 radical (unpaired) electrons. The van der Waals surface area contributed by atoms with Crippen LogP contribution in [-0.4, -0.2) is 20.3 Å². The normalized spacial score (nSPS) is 14.5. The van der Waals surface area contributed by atoms with Crippen LogP contribution >= 0.6 is 0 Å². The van der Waals surface area contributed by atoms with Crippen LogP contribution in [0.3, 0.4) is 0 Å². The van der Waals surface area contributed by atoms with Crippen molar-refractivity contribution in [2.24, 2.45) is 0 Å². The fourth-order valence-electron chi connectivity index (χ4n) is 1.86. The van der Waals surface area contributed by atoms with Crippen LogP contribution in [0.25, 0.3) is 0 Å².